The van der Waals surface area contributed by atoms with Crippen LogP contribution in [0.2, 0.25) is 0 Å². The zero-order valence-electron chi connectivity index (χ0n) is 10.7. The minimum atomic E-state index is -0.208. The van der Waals surface area contributed by atoms with Gasteiger partial charge in [-0.2, -0.15) is 0 Å². The highest BCUT2D eigenvalue weighted by Gasteiger charge is 2.12. The lowest BCUT2D eigenvalue weighted by Crippen LogP contribution is -1.97. The zero-order chi connectivity index (χ0) is 13.1. The lowest BCUT2D eigenvalue weighted by Gasteiger charge is -2.01. The van der Waals surface area contributed by atoms with Gasteiger partial charge in [-0.3, -0.25) is 0 Å². The van der Waals surface area contributed by atoms with Crippen LogP contribution in [-0.4, -0.2) is 4.98 Å². The Kier molecular flexibility index (Phi) is 4.09. The number of rotatable bonds is 4. The number of thiazole rings is 1. The Morgan fingerprint density at radius 3 is 2.78 bits per heavy atom. The van der Waals surface area contributed by atoms with Crippen molar-refractivity contribution in [2.24, 2.45) is 5.73 Å². The standard InChI is InChI=1S/C14H17FN2S/c1-3-4-12-13(8-16)18-14(17-12)11-6-5-10(15)7-9(11)2/h5-7H,3-4,8,16H2,1-2H3. The van der Waals surface area contributed by atoms with Gasteiger partial charge in [-0.15, -0.1) is 11.3 Å². The molecular formula is C14H17FN2S. The predicted molar refractivity (Wildman–Crippen MR) is 74.1 cm³/mol. The van der Waals surface area contributed by atoms with E-state index in [1.807, 2.05) is 6.92 Å². The van der Waals surface area contributed by atoms with E-state index in [0.717, 1.165) is 39.5 Å². The quantitative estimate of drug-likeness (QED) is 0.915. The highest BCUT2D eigenvalue weighted by atomic mass is 32.1. The fraction of sp³-hybridized carbons (Fsp3) is 0.357. The normalized spacial score (nSPS) is 10.9. The molecule has 0 spiro atoms. The second kappa shape index (κ2) is 5.59. The largest absolute Gasteiger partial charge is 0.326 e. The van der Waals surface area contributed by atoms with Crippen molar-refractivity contribution in [2.45, 2.75) is 33.2 Å². The molecule has 1 aromatic carbocycles. The summed E-state index contributed by atoms with van der Waals surface area (Å²) in [5.41, 5.74) is 8.74. The summed E-state index contributed by atoms with van der Waals surface area (Å²) < 4.78 is 13.1. The van der Waals surface area contributed by atoms with Gasteiger partial charge in [0.15, 0.2) is 0 Å². The van der Waals surface area contributed by atoms with Crippen LogP contribution in [0.3, 0.4) is 0 Å². The maximum absolute atomic E-state index is 13.1. The monoisotopic (exact) mass is 264 g/mol. The molecule has 0 aliphatic heterocycles. The number of benzene rings is 1. The van der Waals surface area contributed by atoms with Gasteiger partial charge in [-0.05, 0) is 37.1 Å². The van der Waals surface area contributed by atoms with Gasteiger partial charge in [-0.25, -0.2) is 9.37 Å². The van der Waals surface area contributed by atoms with Crippen molar-refractivity contribution < 1.29 is 4.39 Å². The molecule has 0 aliphatic carbocycles. The molecule has 1 aromatic heterocycles. The van der Waals surface area contributed by atoms with Crippen LogP contribution in [-0.2, 0) is 13.0 Å². The summed E-state index contributed by atoms with van der Waals surface area (Å²) in [4.78, 5) is 5.78. The molecule has 0 amide bonds. The summed E-state index contributed by atoms with van der Waals surface area (Å²) in [5, 5.41) is 0.941. The molecule has 0 saturated heterocycles. The third kappa shape index (κ3) is 2.60. The van der Waals surface area contributed by atoms with Crippen molar-refractivity contribution in [3.05, 3.63) is 40.2 Å². The molecule has 0 fully saturated rings. The van der Waals surface area contributed by atoms with Crippen LogP contribution in [0.4, 0.5) is 4.39 Å². The zero-order valence-corrected chi connectivity index (χ0v) is 11.5. The van der Waals surface area contributed by atoms with Gasteiger partial charge in [0.25, 0.3) is 0 Å². The summed E-state index contributed by atoms with van der Waals surface area (Å²) in [7, 11) is 0. The van der Waals surface area contributed by atoms with Gasteiger partial charge in [0.2, 0.25) is 0 Å². The molecule has 0 saturated carbocycles. The SMILES string of the molecule is CCCc1nc(-c2ccc(F)cc2C)sc1CN. The van der Waals surface area contributed by atoms with Gasteiger partial charge in [-0.1, -0.05) is 13.3 Å². The minimum Gasteiger partial charge on any atom is -0.326 e. The lowest BCUT2D eigenvalue weighted by atomic mass is 10.1. The predicted octanol–water partition coefficient (Wildman–Crippen LogP) is 3.67. The van der Waals surface area contributed by atoms with Crippen LogP contribution in [0, 0.1) is 12.7 Å². The number of hydrogen-bond donors (Lipinski definition) is 1. The lowest BCUT2D eigenvalue weighted by molar-refractivity contribution is 0.627. The molecule has 0 aliphatic rings. The van der Waals surface area contributed by atoms with Crippen molar-refractivity contribution in [1.29, 1.82) is 0 Å². The maximum Gasteiger partial charge on any atom is 0.124 e. The van der Waals surface area contributed by atoms with E-state index < -0.39 is 0 Å². The Bertz CT molecular complexity index is 549. The van der Waals surface area contributed by atoms with Gasteiger partial charge in [0.1, 0.15) is 10.8 Å². The van der Waals surface area contributed by atoms with Crippen molar-refractivity contribution in [3.63, 3.8) is 0 Å². The smallest absolute Gasteiger partial charge is 0.124 e. The number of halogens is 1. The average molecular weight is 264 g/mol. The first-order chi connectivity index (χ1) is 8.65. The third-order valence-corrected chi connectivity index (χ3v) is 4.02. The second-order valence-corrected chi connectivity index (χ2v) is 5.39. The molecule has 0 radical (unpaired) electrons. The molecule has 0 atom stereocenters. The number of hydrogen-bond acceptors (Lipinski definition) is 3. The van der Waals surface area contributed by atoms with Gasteiger partial charge in [0, 0.05) is 17.0 Å². The third-order valence-electron chi connectivity index (χ3n) is 2.87. The molecule has 2 rings (SSSR count). The fourth-order valence-electron chi connectivity index (χ4n) is 1.96. The van der Waals surface area contributed by atoms with Crippen LogP contribution in [0.5, 0.6) is 0 Å². The maximum atomic E-state index is 13.1. The van der Waals surface area contributed by atoms with Crippen molar-refractivity contribution in [2.75, 3.05) is 0 Å². The van der Waals surface area contributed by atoms with E-state index >= 15 is 0 Å². The van der Waals surface area contributed by atoms with Gasteiger partial charge >= 0.3 is 0 Å². The molecule has 0 unspecified atom stereocenters. The van der Waals surface area contributed by atoms with Crippen LogP contribution in [0.1, 0.15) is 29.5 Å². The van der Waals surface area contributed by atoms with Crippen LogP contribution < -0.4 is 5.73 Å². The summed E-state index contributed by atoms with van der Waals surface area (Å²) in [5.74, 6) is -0.208. The second-order valence-electron chi connectivity index (χ2n) is 4.30. The first-order valence-corrected chi connectivity index (χ1v) is 6.92. The average Bonchev–Trinajstić information content (AvgIpc) is 2.72. The summed E-state index contributed by atoms with van der Waals surface area (Å²) in [6.45, 7) is 4.55. The van der Waals surface area contributed by atoms with E-state index in [1.54, 1.807) is 23.5 Å². The molecule has 1 heterocycles. The van der Waals surface area contributed by atoms with Crippen molar-refractivity contribution in [1.82, 2.24) is 4.98 Å². The highest BCUT2D eigenvalue weighted by Crippen LogP contribution is 2.31. The molecule has 2 nitrogen and oxygen atoms in total. The molecule has 4 heteroatoms. The van der Waals surface area contributed by atoms with E-state index in [9.17, 15) is 4.39 Å². The van der Waals surface area contributed by atoms with E-state index in [1.165, 1.54) is 6.07 Å². The van der Waals surface area contributed by atoms with Crippen LogP contribution in [0.25, 0.3) is 10.6 Å². The fourth-order valence-corrected chi connectivity index (χ4v) is 3.03. The number of nitrogens with two attached hydrogens (primary N) is 1. The van der Waals surface area contributed by atoms with Gasteiger partial charge < -0.3 is 5.73 Å². The summed E-state index contributed by atoms with van der Waals surface area (Å²) in [6, 6.07) is 4.81. The van der Waals surface area contributed by atoms with E-state index in [0.29, 0.717) is 6.54 Å². The molecule has 0 bridgehead atoms. The molecular weight excluding hydrogens is 247 g/mol. The topological polar surface area (TPSA) is 38.9 Å². The Hall–Kier alpha value is -1.26. The van der Waals surface area contributed by atoms with Crippen LogP contribution >= 0.6 is 11.3 Å². The van der Waals surface area contributed by atoms with E-state index in [-0.39, 0.29) is 5.82 Å². The molecule has 2 N–H and O–H groups in total. The van der Waals surface area contributed by atoms with Crippen LogP contribution in [0.15, 0.2) is 18.2 Å². The Morgan fingerprint density at radius 2 is 2.17 bits per heavy atom. The number of aryl methyl sites for hydroxylation is 2. The Balaban J connectivity index is 2.44. The first kappa shape index (κ1) is 13.2. The summed E-state index contributed by atoms with van der Waals surface area (Å²) >= 11 is 1.61. The Morgan fingerprint density at radius 1 is 1.39 bits per heavy atom. The number of aromatic nitrogens is 1. The number of nitrogens with zero attached hydrogens (tertiary/aromatic N) is 1. The summed E-state index contributed by atoms with van der Waals surface area (Å²) in [6.07, 6.45) is 2.00. The molecule has 2 aromatic rings. The first-order valence-electron chi connectivity index (χ1n) is 6.10. The van der Waals surface area contributed by atoms with Crippen molar-refractivity contribution >= 4 is 11.3 Å². The highest BCUT2D eigenvalue weighted by molar-refractivity contribution is 7.15. The van der Waals surface area contributed by atoms with Gasteiger partial charge in [0.05, 0.1) is 5.69 Å². The van der Waals surface area contributed by atoms with E-state index in [2.05, 4.69) is 11.9 Å². The Labute approximate surface area is 111 Å². The van der Waals surface area contributed by atoms with E-state index in [4.69, 9.17) is 5.73 Å². The van der Waals surface area contributed by atoms with Crippen molar-refractivity contribution in [3.8, 4) is 10.6 Å². The molecule has 96 valence electrons. The molecule has 18 heavy (non-hydrogen) atoms. The minimum absolute atomic E-state index is 0.208.